The molecule has 1 aliphatic carbocycles. The van der Waals surface area contributed by atoms with Gasteiger partial charge in [-0.1, -0.05) is 0 Å². The number of amidine groups is 1. The highest BCUT2D eigenvalue weighted by Crippen LogP contribution is 2.56. The fourth-order valence-corrected chi connectivity index (χ4v) is 3.48. The Morgan fingerprint density at radius 2 is 1.92 bits per heavy atom. The van der Waals surface area contributed by atoms with Gasteiger partial charge in [-0.25, -0.2) is 32.3 Å². The second kappa shape index (κ2) is 9.66. The topological polar surface area (TPSA) is 140 Å². The number of aliphatic carboxylic acids is 1. The number of carbonyl (C=O) groups excluding carboxylic acids is 1. The van der Waals surface area contributed by atoms with Gasteiger partial charge in [-0.2, -0.15) is 13.2 Å². The largest absolute Gasteiger partial charge is 0.490 e. The van der Waals surface area contributed by atoms with Gasteiger partial charge in [-0.3, -0.25) is 4.79 Å². The minimum atomic E-state index is -5.08. The van der Waals surface area contributed by atoms with E-state index in [1.807, 2.05) is 0 Å². The maximum absolute atomic E-state index is 14.6. The number of nitrogens with two attached hydrogens (primary N) is 1. The van der Waals surface area contributed by atoms with Crippen LogP contribution in [0.2, 0.25) is 0 Å². The number of aromatic nitrogens is 1. The van der Waals surface area contributed by atoms with Crippen LogP contribution in [0.3, 0.4) is 0 Å². The van der Waals surface area contributed by atoms with E-state index in [-0.39, 0.29) is 23.7 Å². The average Bonchev–Trinajstić information content (AvgIpc) is 3.37. The van der Waals surface area contributed by atoms with Crippen molar-refractivity contribution >= 4 is 23.6 Å². The zero-order valence-corrected chi connectivity index (χ0v) is 18.0. The number of nitrogens with one attached hydrogen (secondary N) is 1. The quantitative estimate of drug-likeness (QED) is 0.502. The molecule has 0 spiro atoms. The summed E-state index contributed by atoms with van der Waals surface area (Å²) in [6, 6.07) is 2.79. The number of rotatable bonds is 5. The number of anilines is 1. The van der Waals surface area contributed by atoms with E-state index in [1.165, 1.54) is 13.0 Å². The minimum Gasteiger partial charge on any atom is -0.475 e. The summed E-state index contributed by atoms with van der Waals surface area (Å²) < 4.78 is 97.7. The van der Waals surface area contributed by atoms with E-state index in [4.69, 9.17) is 24.8 Å². The Balaban J connectivity index is 0.000000454. The van der Waals surface area contributed by atoms with Crippen LogP contribution in [-0.2, 0) is 15.1 Å². The Hall–Kier alpha value is -3.85. The molecule has 4 N–H and O–H groups in total. The van der Waals surface area contributed by atoms with Gasteiger partial charge >= 0.3 is 12.1 Å². The normalized spacial score (nSPS) is 23.4. The number of oxazole rings is 1. The summed E-state index contributed by atoms with van der Waals surface area (Å²) in [4.78, 5) is 28.7. The van der Waals surface area contributed by atoms with Crippen molar-refractivity contribution in [2.75, 3.05) is 5.32 Å². The molecule has 9 nitrogen and oxygen atoms in total. The Kier molecular flexibility index (Phi) is 7.18. The van der Waals surface area contributed by atoms with Gasteiger partial charge in [0.15, 0.2) is 17.4 Å². The van der Waals surface area contributed by atoms with E-state index < -0.39 is 65.6 Å². The summed E-state index contributed by atoms with van der Waals surface area (Å²) >= 11 is 0. The first kappa shape index (κ1) is 26.7. The molecule has 1 aromatic heterocycles. The molecule has 196 valence electrons. The number of benzene rings is 1. The van der Waals surface area contributed by atoms with Crippen LogP contribution in [0.15, 0.2) is 33.9 Å². The number of fused-ring (bicyclic) bond motifs is 1. The Bertz CT molecular complexity index is 1180. The minimum absolute atomic E-state index is 0.0294. The molecule has 4 rings (SSSR count). The van der Waals surface area contributed by atoms with Crippen molar-refractivity contribution in [3.05, 3.63) is 47.4 Å². The van der Waals surface area contributed by atoms with Crippen molar-refractivity contribution in [1.82, 2.24) is 4.98 Å². The molecule has 0 saturated heterocycles. The number of alkyl halides is 6. The molecule has 4 atom stereocenters. The number of carboxylic acid groups (broad SMARTS) is 1. The molecule has 16 heteroatoms. The van der Waals surface area contributed by atoms with Crippen LogP contribution in [0.1, 0.15) is 41.5 Å². The molecule has 1 aromatic carbocycles. The van der Waals surface area contributed by atoms with Gasteiger partial charge in [0.05, 0.1) is 0 Å². The van der Waals surface area contributed by atoms with E-state index in [9.17, 15) is 35.5 Å². The highest BCUT2D eigenvalue weighted by Gasteiger charge is 2.64. The lowest BCUT2D eigenvalue weighted by Gasteiger charge is -2.33. The Labute approximate surface area is 197 Å². The predicted molar refractivity (Wildman–Crippen MR) is 106 cm³/mol. The first-order valence-corrected chi connectivity index (χ1v) is 9.98. The Morgan fingerprint density at radius 1 is 1.28 bits per heavy atom. The fourth-order valence-electron chi connectivity index (χ4n) is 3.48. The molecule has 2 aromatic rings. The third-order valence-electron chi connectivity index (χ3n) is 5.19. The molecule has 36 heavy (non-hydrogen) atoms. The maximum atomic E-state index is 14.6. The van der Waals surface area contributed by atoms with Crippen molar-refractivity contribution in [3.63, 3.8) is 0 Å². The molecule has 1 saturated carbocycles. The molecule has 0 bridgehead atoms. The van der Waals surface area contributed by atoms with E-state index in [2.05, 4.69) is 15.3 Å². The first-order chi connectivity index (χ1) is 16.7. The van der Waals surface area contributed by atoms with E-state index >= 15 is 0 Å². The number of carbonyl (C=O) groups is 2. The van der Waals surface area contributed by atoms with Crippen LogP contribution in [0.5, 0.6) is 0 Å². The predicted octanol–water partition coefficient (Wildman–Crippen LogP) is 3.92. The van der Waals surface area contributed by atoms with Crippen molar-refractivity contribution in [2.24, 2.45) is 16.6 Å². The van der Waals surface area contributed by atoms with Crippen molar-refractivity contribution < 1.29 is 54.6 Å². The van der Waals surface area contributed by atoms with Gasteiger partial charge in [0.2, 0.25) is 5.89 Å². The van der Waals surface area contributed by atoms with Gasteiger partial charge in [0, 0.05) is 17.2 Å². The maximum Gasteiger partial charge on any atom is 0.490 e. The summed E-state index contributed by atoms with van der Waals surface area (Å²) in [5.41, 5.74) is 2.74. The summed E-state index contributed by atoms with van der Waals surface area (Å²) in [7, 11) is 0. The van der Waals surface area contributed by atoms with Gasteiger partial charge < -0.3 is 25.3 Å². The van der Waals surface area contributed by atoms with E-state index in [0.717, 1.165) is 18.4 Å². The van der Waals surface area contributed by atoms with Gasteiger partial charge in [0.1, 0.15) is 18.2 Å². The monoisotopic (exact) mass is 526 g/mol. The third kappa shape index (κ3) is 5.36. The number of halogens is 7. The second-order valence-corrected chi connectivity index (χ2v) is 7.71. The molecule has 1 aliphatic heterocycles. The van der Waals surface area contributed by atoms with Crippen molar-refractivity contribution in [1.29, 1.82) is 0 Å². The molecule has 1 amide bonds. The van der Waals surface area contributed by atoms with Crippen LogP contribution in [-0.4, -0.2) is 46.7 Å². The highest BCUT2D eigenvalue weighted by atomic mass is 19.4. The van der Waals surface area contributed by atoms with Gasteiger partial charge in [-0.15, -0.1) is 0 Å². The molecule has 1 unspecified atom stereocenters. The van der Waals surface area contributed by atoms with Gasteiger partial charge in [-0.05, 0) is 31.5 Å². The van der Waals surface area contributed by atoms with E-state index in [1.54, 1.807) is 0 Å². The van der Waals surface area contributed by atoms with Crippen LogP contribution < -0.4 is 11.1 Å². The fraction of sp³-hybridized carbons (Fsp3) is 0.400. The highest BCUT2D eigenvalue weighted by molar-refractivity contribution is 6.02. The molecule has 2 aliphatic rings. The van der Waals surface area contributed by atoms with Crippen LogP contribution in [0, 0.1) is 11.7 Å². The lowest BCUT2D eigenvalue weighted by Crippen LogP contribution is -2.43. The SMILES string of the molecule is CC(F)c1nc(C(=O)Nc2ccc(F)c([C@@]3(C(F)F)N=C(N)O[C@@H]4C[C@@H]43)c2)co1.O=C(O)C(F)(F)F. The molecular weight excluding hydrogens is 509 g/mol. The summed E-state index contributed by atoms with van der Waals surface area (Å²) in [6.07, 6.45) is -8.99. The summed E-state index contributed by atoms with van der Waals surface area (Å²) in [5, 5.41) is 9.53. The number of aliphatic imine (C=N–C) groups is 1. The van der Waals surface area contributed by atoms with Crippen LogP contribution in [0.4, 0.5) is 36.4 Å². The zero-order valence-electron chi connectivity index (χ0n) is 18.0. The number of amides is 1. The Morgan fingerprint density at radius 3 is 2.44 bits per heavy atom. The second-order valence-electron chi connectivity index (χ2n) is 7.71. The number of carboxylic acids is 1. The third-order valence-corrected chi connectivity index (χ3v) is 5.19. The first-order valence-electron chi connectivity index (χ1n) is 9.98. The molecule has 2 heterocycles. The number of hydrogen-bond donors (Lipinski definition) is 3. The lowest BCUT2D eigenvalue weighted by molar-refractivity contribution is -0.192. The molecular formula is C20H17F7N4O5. The van der Waals surface area contributed by atoms with E-state index in [0.29, 0.717) is 0 Å². The van der Waals surface area contributed by atoms with Crippen LogP contribution in [0.25, 0.3) is 0 Å². The number of nitrogens with zero attached hydrogens (tertiary/aromatic N) is 2. The standard InChI is InChI=1S/C18H16F4N4O3.C2HF3O2/c1-7(19)15-25-12(6-28-15)14(27)24-8-2-3-11(20)9(4-8)18(16(21)22)10-5-13(10)29-17(23)26-18;3-2(4,5)1(6)7/h2-4,6-7,10,13,16H,5H2,1H3,(H2,23,26)(H,24,27);(H,6,7)/t7?,10-,13+,18+;/m0./s1. The lowest BCUT2D eigenvalue weighted by atomic mass is 9.84. The van der Waals surface area contributed by atoms with Crippen LogP contribution >= 0.6 is 0 Å². The van der Waals surface area contributed by atoms with Gasteiger partial charge in [0.25, 0.3) is 18.4 Å². The summed E-state index contributed by atoms with van der Waals surface area (Å²) in [5.74, 6) is -5.46. The average molecular weight is 526 g/mol. The smallest absolute Gasteiger partial charge is 0.475 e. The van der Waals surface area contributed by atoms with Crippen molar-refractivity contribution in [3.8, 4) is 0 Å². The number of ether oxygens (including phenoxy) is 1. The van der Waals surface area contributed by atoms with Crippen molar-refractivity contribution in [2.45, 2.75) is 43.8 Å². The molecule has 1 fully saturated rings. The summed E-state index contributed by atoms with van der Waals surface area (Å²) in [6.45, 7) is 1.19. The zero-order chi connectivity index (χ0) is 27.0. The molecule has 0 radical (unpaired) electrons. The number of hydrogen-bond acceptors (Lipinski definition) is 7.